The molecule has 0 unspecified atom stereocenters. The lowest BCUT2D eigenvalue weighted by atomic mass is 9.98. The molecule has 1 aliphatic rings. The first kappa shape index (κ1) is 23.0. The molecule has 1 fully saturated rings. The molecule has 2 atom stereocenters. The first-order valence-corrected chi connectivity index (χ1v) is 11.5. The summed E-state index contributed by atoms with van der Waals surface area (Å²) < 4.78 is 51.5. The summed E-state index contributed by atoms with van der Waals surface area (Å²) in [5.41, 5.74) is 0.774. The Morgan fingerprint density at radius 1 is 1.16 bits per heavy atom. The third-order valence-electron chi connectivity index (χ3n) is 5.47. The van der Waals surface area contributed by atoms with Crippen LogP contribution >= 0.6 is 0 Å². The molecular formula is C22H27FN2O5S. The highest BCUT2D eigenvalue weighted by Crippen LogP contribution is 2.32. The summed E-state index contributed by atoms with van der Waals surface area (Å²) >= 11 is 0. The number of nitrogens with one attached hydrogen (secondary N) is 1. The van der Waals surface area contributed by atoms with Crippen molar-refractivity contribution in [2.45, 2.75) is 30.7 Å². The van der Waals surface area contributed by atoms with E-state index >= 15 is 0 Å². The minimum atomic E-state index is -3.88. The number of rotatable bonds is 7. The molecule has 2 aromatic carbocycles. The van der Waals surface area contributed by atoms with Gasteiger partial charge in [-0.05, 0) is 49.6 Å². The molecule has 2 aromatic rings. The third kappa shape index (κ3) is 5.16. The maximum absolute atomic E-state index is 13.3. The minimum Gasteiger partial charge on any atom is -0.497 e. The van der Waals surface area contributed by atoms with E-state index in [1.54, 1.807) is 24.3 Å². The smallest absolute Gasteiger partial charge is 0.246 e. The molecule has 3 rings (SSSR count). The number of benzene rings is 2. The van der Waals surface area contributed by atoms with Crippen LogP contribution in [0.2, 0.25) is 0 Å². The second-order valence-electron chi connectivity index (χ2n) is 7.50. The van der Waals surface area contributed by atoms with Crippen molar-refractivity contribution in [3.63, 3.8) is 0 Å². The normalized spacial score (nSPS) is 18.3. The lowest BCUT2D eigenvalue weighted by Gasteiger charge is -2.32. The molecule has 0 radical (unpaired) electrons. The zero-order valence-corrected chi connectivity index (χ0v) is 18.6. The number of methoxy groups -OCH3 is 2. The van der Waals surface area contributed by atoms with Crippen molar-refractivity contribution >= 4 is 15.9 Å². The van der Waals surface area contributed by atoms with Crippen LogP contribution in [0.3, 0.4) is 0 Å². The maximum atomic E-state index is 13.3. The zero-order chi connectivity index (χ0) is 22.6. The van der Waals surface area contributed by atoms with Gasteiger partial charge in [0.1, 0.15) is 22.2 Å². The van der Waals surface area contributed by atoms with Gasteiger partial charge in [-0.3, -0.25) is 4.79 Å². The van der Waals surface area contributed by atoms with Crippen LogP contribution in [0.5, 0.6) is 11.5 Å². The summed E-state index contributed by atoms with van der Waals surface area (Å²) in [5.74, 6) is -0.433. The van der Waals surface area contributed by atoms with E-state index in [2.05, 4.69) is 5.32 Å². The average molecular weight is 451 g/mol. The van der Waals surface area contributed by atoms with Crippen molar-refractivity contribution in [2.75, 3.05) is 27.3 Å². The van der Waals surface area contributed by atoms with Crippen LogP contribution in [0, 0.1) is 11.7 Å². The highest BCUT2D eigenvalue weighted by molar-refractivity contribution is 7.89. The first-order chi connectivity index (χ1) is 14.8. The lowest BCUT2D eigenvalue weighted by Crippen LogP contribution is -2.45. The lowest BCUT2D eigenvalue weighted by molar-refractivity contribution is -0.126. The Hall–Kier alpha value is -2.65. The number of carbonyl (C=O) groups excluding carboxylic acids is 1. The van der Waals surface area contributed by atoms with Gasteiger partial charge in [0.25, 0.3) is 0 Å². The summed E-state index contributed by atoms with van der Waals surface area (Å²) in [4.78, 5) is 12.8. The number of nitrogens with zero attached hydrogens (tertiary/aromatic N) is 1. The molecule has 0 bridgehead atoms. The molecular weight excluding hydrogens is 423 g/mol. The van der Waals surface area contributed by atoms with Gasteiger partial charge < -0.3 is 14.8 Å². The summed E-state index contributed by atoms with van der Waals surface area (Å²) in [6, 6.07) is 10.2. The molecule has 0 aromatic heterocycles. The van der Waals surface area contributed by atoms with Crippen LogP contribution in [-0.2, 0) is 14.8 Å². The van der Waals surface area contributed by atoms with Crippen molar-refractivity contribution in [1.29, 1.82) is 0 Å². The van der Waals surface area contributed by atoms with Gasteiger partial charge in [-0.1, -0.05) is 12.1 Å². The van der Waals surface area contributed by atoms with Gasteiger partial charge in [0.15, 0.2) is 0 Å². The van der Waals surface area contributed by atoms with E-state index < -0.39 is 15.9 Å². The van der Waals surface area contributed by atoms with Gasteiger partial charge in [0.05, 0.1) is 26.2 Å². The molecule has 168 valence electrons. The summed E-state index contributed by atoms with van der Waals surface area (Å²) in [6.07, 6.45) is 1.15. The molecule has 0 saturated carbocycles. The van der Waals surface area contributed by atoms with Crippen LogP contribution in [0.15, 0.2) is 47.4 Å². The number of ether oxygens (including phenoxy) is 2. The summed E-state index contributed by atoms with van der Waals surface area (Å²) in [7, 11) is -1.02. The quantitative estimate of drug-likeness (QED) is 0.701. The highest BCUT2D eigenvalue weighted by Gasteiger charge is 2.35. The maximum Gasteiger partial charge on any atom is 0.246 e. The minimum absolute atomic E-state index is 0.00934. The van der Waals surface area contributed by atoms with E-state index in [-0.39, 0.29) is 35.0 Å². The fourth-order valence-electron chi connectivity index (χ4n) is 3.67. The Labute approximate surface area is 182 Å². The second-order valence-corrected chi connectivity index (χ2v) is 9.41. The van der Waals surface area contributed by atoms with Crippen molar-refractivity contribution in [3.05, 3.63) is 53.8 Å². The Morgan fingerprint density at radius 3 is 2.52 bits per heavy atom. The average Bonchev–Trinajstić information content (AvgIpc) is 2.79. The standard InChI is InChI=1S/C22H27FN2O5S/c1-15(16-6-8-18(23)9-7-16)24-22(26)17-5-4-12-25(14-17)31(27,28)21-13-19(29-2)10-11-20(21)30-3/h6-11,13,15,17H,4-5,12,14H2,1-3H3,(H,24,26)/t15-,17-/m1/s1. The molecule has 1 N–H and O–H groups in total. The van der Waals surface area contributed by atoms with E-state index in [0.717, 1.165) is 5.56 Å². The van der Waals surface area contributed by atoms with E-state index in [9.17, 15) is 17.6 Å². The molecule has 31 heavy (non-hydrogen) atoms. The molecule has 9 heteroatoms. The van der Waals surface area contributed by atoms with E-state index in [1.165, 1.54) is 36.7 Å². The predicted molar refractivity (Wildman–Crippen MR) is 114 cm³/mol. The summed E-state index contributed by atoms with van der Waals surface area (Å²) in [5, 5.41) is 2.91. The van der Waals surface area contributed by atoms with Gasteiger partial charge in [0, 0.05) is 19.2 Å². The largest absolute Gasteiger partial charge is 0.497 e. The third-order valence-corrected chi connectivity index (χ3v) is 7.36. The van der Waals surface area contributed by atoms with Gasteiger partial charge in [-0.2, -0.15) is 4.31 Å². The number of sulfonamides is 1. The van der Waals surface area contributed by atoms with E-state index in [4.69, 9.17) is 9.47 Å². The van der Waals surface area contributed by atoms with Gasteiger partial charge >= 0.3 is 0 Å². The Morgan fingerprint density at radius 2 is 1.87 bits per heavy atom. The van der Waals surface area contributed by atoms with Crippen LogP contribution in [0.1, 0.15) is 31.4 Å². The number of halogens is 1. The fraction of sp³-hybridized carbons (Fsp3) is 0.409. The number of piperidine rings is 1. The van der Waals surface area contributed by atoms with Crippen LogP contribution in [0.4, 0.5) is 4.39 Å². The number of amides is 1. The Kier molecular flexibility index (Phi) is 7.17. The van der Waals surface area contributed by atoms with Gasteiger partial charge in [0.2, 0.25) is 15.9 Å². The van der Waals surface area contributed by atoms with Gasteiger partial charge in [-0.25, -0.2) is 12.8 Å². The van der Waals surface area contributed by atoms with Crippen LogP contribution < -0.4 is 14.8 Å². The Balaban J connectivity index is 1.75. The highest BCUT2D eigenvalue weighted by atomic mass is 32.2. The van der Waals surface area contributed by atoms with Gasteiger partial charge in [-0.15, -0.1) is 0 Å². The molecule has 1 saturated heterocycles. The molecule has 1 amide bonds. The van der Waals surface area contributed by atoms with Crippen molar-refractivity contribution in [1.82, 2.24) is 9.62 Å². The van der Waals surface area contributed by atoms with E-state index in [1.807, 2.05) is 6.92 Å². The monoisotopic (exact) mass is 450 g/mol. The number of hydrogen-bond acceptors (Lipinski definition) is 5. The molecule has 7 nitrogen and oxygen atoms in total. The Bertz CT molecular complexity index is 1030. The predicted octanol–water partition coefficient (Wildman–Crippen LogP) is 3.12. The molecule has 0 spiro atoms. The van der Waals surface area contributed by atoms with Crippen molar-refractivity contribution in [2.24, 2.45) is 5.92 Å². The molecule has 0 aliphatic carbocycles. The zero-order valence-electron chi connectivity index (χ0n) is 17.8. The molecule has 1 heterocycles. The summed E-state index contributed by atoms with van der Waals surface area (Å²) in [6.45, 7) is 2.20. The first-order valence-electron chi connectivity index (χ1n) is 10.0. The molecule has 1 aliphatic heterocycles. The van der Waals surface area contributed by atoms with Crippen LogP contribution in [-0.4, -0.2) is 45.9 Å². The SMILES string of the molecule is COc1ccc(OC)c(S(=O)(=O)N2CCC[C@@H](C(=O)N[C@H](C)c3ccc(F)cc3)C2)c1. The number of carbonyl (C=O) groups is 1. The number of hydrogen-bond donors (Lipinski definition) is 1. The van der Waals surface area contributed by atoms with Crippen LogP contribution in [0.25, 0.3) is 0 Å². The second kappa shape index (κ2) is 9.65. The van der Waals surface area contributed by atoms with E-state index in [0.29, 0.717) is 25.1 Å². The fourth-order valence-corrected chi connectivity index (χ4v) is 5.36. The topological polar surface area (TPSA) is 84.9 Å². The van der Waals surface area contributed by atoms with Crippen molar-refractivity contribution in [3.8, 4) is 11.5 Å². The van der Waals surface area contributed by atoms with Crippen molar-refractivity contribution < 1.29 is 27.1 Å².